The number of nitrogens with zero attached hydrogens (tertiary/aromatic N) is 2. The summed E-state index contributed by atoms with van der Waals surface area (Å²) in [4.78, 5) is 10.2. The molecule has 0 heterocycles. The number of hydrogen-bond donors (Lipinski definition) is 2. The highest BCUT2D eigenvalue weighted by Crippen LogP contribution is 2.20. The van der Waals surface area contributed by atoms with Gasteiger partial charge in [0.2, 0.25) is 0 Å². The van der Waals surface area contributed by atoms with Gasteiger partial charge in [-0.25, -0.2) is 0 Å². The lowest BCUT2D eigenvalue weighted by Crippen LogP contribution is -2.34. The number of hydrazone groups is 1. The zero-order chi connectivity index (χ0) is 15.0. The Balaban J connectivity index is 2.59. The van der Waals surface area contributed by atoms with E-state index in [-0.39, 0.29) is 5.69 Å². The Labute approximate surface area is 126 Å². The van der Waals surface area contributed by atoms with Crippen molar-refractivity contribution in [2.24, 2.45) is 5.10 Å². The Morgan fingerprint density at radius 1 is 1.65 bits per heavy atom. The molecule has 2 N–H and O–H groups in total. The van der Waals surface area contributed by atoms with Gasteiger partial charge in [0.05, 0.1) is 17.7 Å². The lowest BCUT2D eigenvalue weighted by atomic mass is 10.2. The summed E-state index contributed by atoms with van der Waals surface area (Å²) in [5.41, 5.74) is 2.94. The van der Waals surface area contributed by atoms with Crippen LogP contribution in [0.2, 0.25) is 5.02 Å². The van der Waals surface area contributed by atoms with Crippen molar-refractivity contribution in [3.05, 3.63) is 38.9 Å². The Bertz CT molecular complexity index is 524. The van der Waals surface area contributed by atoms with E-state index in [1.807, 2.05) is 0 Å². The number of hydrogen-bond acceptors (Lipinski definition) is 5. The maximum atomic E-state index is 10.7. The SMILES string of the molecule is COCCNC(=S)N/N=C\c1cc([N+](=O)[O-])ccc1Cl. The molecule has 1 aromatic rings. The van der Waals surface area contributed by atoms with Crippen LogP contribution in [0.25, 0.3) is 0 Å². The number of methoxy groups -OCH3 is 1. The number of thiocarbonyl (C=S) groups is 1. The highest BCUT2D eigenvalue weighted by molar-refractivity contribution is 7.80. The van der Waals surface area contributed by atoms with E-state index < -0.39 is 4.92 Å². The van der Waals surface area contributed by atoms with Gasteiger partial charge in [-0.3, -0.25) is 15.5 Å². The summed E-state index contributed by atoms with van der Waals surface area (Å²) in [6.45, 7) is 1.07. The van der Waals surface area contributed by atoms with Crippen molar-refractivity contribution in [3.63, 3.8) is 0 Å². The summed E-state index contributed by atoms with van der Waals surface area (Å²) in [7, 11) is 1.58. The van der Waals surface area contributed by atoms with E-state index >= 15 is 0 Å². The first-order chi connectivity index (χ1) is 9.54. The van der Waals surface area contributed by atoms with E-state index in [2.05, 4.69) is 15.8 Å². The zero-order valence-electron chi connectivity index (χ0n) is 10.6. The van der Waals surface area contributed by atoms with E-state index in [1.165, 1.54) is 24.4 Å². The molecule has 0 aliphatic rings. The molecule has 7 nitrogen and oxygen atoms in total. The zero-order valence-corrected chi connectivity index (χ0v) is 12.2. The van der Waals surface area contributed by atoms with Crippen LogP contribution in [0.3, 0.4) is 0 Å². The quantitative estimate of drug-likeness (QED) is 0.273. The fourth-order valence-electron chi connectivity index (χ4n) is 1.21. The second-order valence-electron chi connectivity index (χ2n) is 3.58. The summed E-state index contributed by atoms with van der Waals surface area (Å²) >= 11 is 10.9. The lowest BCUT2D eigenvalue weighted by molar-refractivity contribution is -0.384. The van der Waals surface area contributed by atoms with Crippen LogP contribution in [0.5, 0.6) is 0 Å². The third-order valence-electron chi connectivity index (χ3n) is 2.15. The minimum Gasteiger partial charge on any atom is -0.383 e. The molecule has 0 fully saturated rings. The fraction of sp³-hybridized carbons (Fsp3) is 0.273. The van der Waals surface area contributed by atoms with Crippen LogP contribution < -0.4 is 10.7 Å². The summed E-state index contributed by atoms with van der Waals surface area (Å²) in [5, 5.41) is 18.0. The number of nitro groups is 1. The topological polar surface area (TPSA) is 88.8 Å². The molecule has 0 bridgehead atoms. The van der Waals surface area contributed by atoms with Crippen molar-refractivity contribution in [2.75, 3.05) is 20.3 Å². The van der Waals surface area contributed by atoms with Crippen molar-refractivity contribution in [3.8, 4) is 0 Å². The number of rotatable bonds is 6. The van der Waals surface area contributed by atoms with E-state index in [0.717, 1.165) is 0 Å². The summed E-state index contributed by atoms with van der Waals surface area (Å²) in [5.74, 6) is 0. The number of nitrogens with one attached hydrogen (secondary N) is 2. The summed E-state index contributed by atoms with van der Waals surface area (Å²) < 4.78 is 4.85. The average Bonchev–Trinajstić information content (AvgIpc) is 2.41. The first-order valence-electron chi connectivity index (χ1n) is 5.54. The van der Waals surface area contributed by atoms with Crippen LogP contribution in [0.4, 0.5) is 5.69 Å². The number of non-ortho nitro benzene ring substituents is 1. The molecule has 1 rings (SSSR count). The van der Waals surface area contributed by atoms with Crippen molar-refractivity contribution >= 4 is 40.8 Å². The third kappa shape index (κ3) is 5.47. The number of benzene rings is 1. The van der Waals surface area contributed by atoms with E-state index in [4.69, 9.17) is 28.6 Å². The maximum absolute atomic E-state index is 10.7. The largest absolute Gasteiger partial charge is 0.383 e. The van der Waals surface area contributed by atoms with Gasteiger partial charge in [0.1, 0.15) is 0 Å². The van der Waals surface area contributed by atoms with E-state index in [9.17, 15) is 10.1 Å². The smallest absolute Gasteiger partial charge is 0.270 e. The van der Waals surface area contributed by atoms with Gasteiger partial charge in [0.25, 0.3) is 5.69 Å². The van der Waals surface area contributed by atoms with Gasteiger partial charge in [-0.2, -0.15) is 5.10 Å². The van der Waals surface area contributed by atoms with Gasteiger partial charge in [0.15, 0.2) is 5.11 Å². The van der Waals surface area contributed by atoms with Crippen molar-refractivity contribution < 1.29 is 9.66 Å². The highest BCUT2D eigenvalue weighted by atomic mass is 35.5. The normalized spacial score (nSPS) is 10.5. The van der Waals surface area contributed by atoms with Crippen LogP contribution in [-0.4, -0.2) is 36.5 Å². The summed E-state index contributed by atoms with van der Waals surface area (Å²) in [6.07, 6.45) is 1.36. The Morgan fingerprint density at radius 2 is 2.40 bits per heavy atom. The predicted molar refractivity (Wildman–Crippen MR) is 81.3 cm³/mol. The molecule has 0 radical (unpaired) electrons. The van der Waals surface area contributed by atoms with Crippen LogP contribution in [0, 0.1) is 10.1 Å². The first kappa shape index (κ1) is 16.3. The highest BCUT2D eigenvalue weighted by Gasteiger charge is 2.08. The molecule has 0 aliphatic carbocycles. The molecule has 0 aromatic heterocycles. The molecule has 0 saturated heterocycles. The van der Waals surface area contributed by atoms with Crippen LogP contribution in [-0.2, 0) is 4.74 Å². The van der Waals surface area contributed by atoms with Gasteiger partial charge in [0, 0.05) is 36.4 Å². The van der Waals surface area contributed by atoms with Crippen LogP contribution in [0.1, 0.15) is 5.56 Å². The monoisotopic (exact) mass is 316 g/mol. The maximum Gasteiger partial charge on any atom is 0.270 e. The van der Waals surface area contributed by atoms with Gasteiger partial charge < -0.3 is 10.1 Å². The van der Waals surface area contributed by atoms with Gasteiger partial charge in [-0.05, 0) is 18.3 Å². The van der Waals surface area contributed by atoms with Crippen molar-refractivity contribution in [1.29, 1.82) is 0 Å². The molecule has 0 atom stereocenters. The van der Waals surface area contributed by atoms with Gasteiger partial charge in [-0.15, -0.1) is 0 Å². The molecule has 0 aliphatic heterocycles. The van der Waals surface area contributed by atoms with Crippen molar-refractivity contribution in [1.82, 2.24) is 10.7 Å². The molecule has 0 unspecified atom stereocenters. The van der Waals surface area contributed by atoms with Crippen LogP contribution in [0.15, 0.2) is 23.3 Å². The fourth-order valence-corrected chi connectivity index (χ4v) is 1.53. The Hall–Kier alpha value is -1.77. The first-order valence-corrected chi connectivity index (χ1v) is 6.33. The molecular weight excluding hydrogens is 304 g/mol. The minimum absolute atomic E-state index is 0.0587. The molecular formula is C11H13ClN4O3S. The van der Waals surface area contributed by atoms with Gasteiger partial charge >= 0.3 is 0 Å². The van der Waals surface area contributed by atoms with Crippen molar-refractivity contribution in [2.45, 2.75) is 0 Å². The van der Waals surface area contributed by atoms with Crippen LogP contribution >= 0.6 is 23.8 Å². The number of nitro benzene ring substituents is 1. The molecule has 0 amide bonds. The molecule has 108 valence electrons. The Morgan fingerprint density at radius 3 is 3.05 bits per heavy atom. The molecule has 1 aromatic carbocycles. The Kier molecular flexibility index (Phi) is 6.85. The average molecular weight is 317 g/mol. The van der Waals surface area contributed by atoms with Gasteiger partial charge in [-0.1, -0.05) is 11.6 Å². The molecule has 0 saturated carbocycles. The predicted octanol–water partition coefficient (Wildman–Crippen LogP) is 1.69. The number of ether oxygens (including phenoxy) is 1. The third-order valence-corrected chi connectivity index (χ3v) is 2.73. The van der Waals surface area contributed by atoms with E-state index in [0.29, 0.717) is 28.9 Å². The second-order valence-corrected chi connectivity index (χ2v) is 4.40. The minimum atomic E-state index is -0.502. The molecule has 0 spiro atoms. The lowest BCUT2D eigenvalue weighted by Gasteiger charge is -2.05. The molecule has 20 heavy (non-hydrogen) atoms. The summed E-state index contributed by atoms with van der Waals surface area (Å²) in [6, 6.07) is 4.09. The standard InChI is InChI=1S/C11H13ClN4O3S/c1-19-5-4-13-11(20)15-14-7-8-6-9(16(17)18)2-3-10(8)12/h2-3,6-7H,4-5H2,1H3,(H2,13,15,20)/b14-7-. The van der Waals surface area contributed by atoms with E-state index in [1.54, 1.807) is 7.11 Å². The number of halogens is 1. The second kappa shape index (κ2) is 8.41. The molecule has 9 heteroatoms.